The second kappa shape index (κ2) is 7.14. The average Bonchev–Trinajstić information content (AvgIpc) is 2.33. The summed E-state index contributed by atoms with van der Waals surface area (Å²) in [5, 5.41) is 0. The molecule has 0 heterocycles. The van der Waals surface area contributed by atoms with Gasteiger partial charge in [0, 0.05) is 19.5 Å². The molecule has 0 aliphatic carbocycles. The second-order valence-electron chi connectivity index (χ2n) is 4.96. The zero-order chi connectivity index (χ0) is 13.5. The van der Waals surface area contributed by atoms with Crippen molar-refractivity contribution < 1.29 is 9.18 Å². The van der Waals surface area contributed by atoms with Crippen LogP contribution in [-0.4, -0.2) is 23.9 Å². The van der Waals surface area contributed by atoms with Crippen LogP contribution in [0.1, 0.15) is 32.8 Å². The molecule has 0 radical (unpaired) electrons. The smallest absolute Gasteiger partial charge is 0.222 e. The van der Waals surface area contributed by atoms with Crippen LogP contribution in [0.3, 0.4) is 0 Å². The fourth-order valence-corrected chi connectivity index (χ4v) is 1.95. The summed E-state index contributed by atoms with van der Waals surface area (Å²) < 4.78 is 13.0. The van der Waals surface area contributed by atoms with Crippen LogP contribution in [-0.2, 0) is 11.2 Å². The molecule has 0 atom stereocenters. The predicted molar refractivity (Wildman–Crippen MR) is 71.8 cm³/mol. The van der Waals surface area contributed by atoms with Crippen LogP contribution in [0.5, 0.6) is 0 Å². The van der Waals surface area contributed by atoms with Crippen LogP contribution in [0, 0.1) is 11.7 Å². The number of carbonyl (C=O) groups is 1. The van der Waals surface area contributed by atoms with Crippen LogP contribution in [0.15, 0.2) is 24.3 Å². The third kappa shape index (κ3) is 4.86. The van der Waals surface area contributed by atoms with E-state index in [1.165, 1.54) is 12.1 Å². The molecule has 0 bridgehead atoms. The summed E-state index contributed by atoms with van der Waals surface area (Å²) in [6.07, 6.45) is 1.05. The van der Waals surface area contributed by atoms with Crippen LogP contribution in [0.4, 0.5) is 4.39 Å². The maximum atomic E-state index is 13.0. The van der Waals surface area contributed by atoms with Gasteiger partial charge in [0.1, 0.15) is 5.82 Å². The Labute approximate surface area is 109 Å². The van der Waals surface area contributed by atoms with Gasteiger partial charge in [0.25, 0.3) is 0 Å². The molecule has 0 spiro atoms. The van der Waals surface area contributed by atoms with E-state index in [1.807, 2.05) is 17.9 Å². The Morgan fingerprint density at radius 3 is 2.67 bits per heavy atom. The van der Waals surface area contributed by atoms with E-state index in [4.69, 9.17) is 0 Å². The molecule has 100 valence electrons. The summed E-state index contributed by atoms with van der Waals surface area (Å²) in [6.45, 7) is 7.71. The van der Waals surface area contributed by atoms with E-state index in [-0.39, 0.29) is 11.7 Å². The van der Waals surface area contributed by atoms with Crippen LogP contribution < -0.4 is 0 Å². The maximum absolute atomic E-state index is 13.0. The Morgan fingerprint density at radius 2 is 2.11 bits per heavy atom. The first-order valence-corrected chi connectivity index (χ1v) is 6.55. The quantitative estimate of drug-likeness (QED) is 0.760. The molecule has 0 unspecified atom stereocenters. The van der Waals surface area contributed by atoms with E-state index in [0.29, 0.717) is 18.8 Å². The van der Waals surface area contributed by atoms with Gasteiger partial charge in [-0.1, -0.05) is 26.0 Å². The molecule has 0 aromatic heterocycles. The van der Waals surface area contributed by atoms with Crippen molar-refractivity contribution in [2.45, 2.75) is 33.6 Å². The van der Waals surface area contributed by atoms with Crippen LogP contribution in [0.25, 0.3) is 0 Å². The van der Waals surface area contributed by atoms with Gasteiger partial charge in [-0.15, -0.1) is 0 Å². The van der Waals surface area contributed by atoms with Crippen molar-refractivity contribution in [1.29, 1.82) is 0 Å². The molecule has 0 saturated heterocycles. The van der Waals surface area contributed by atoms with Crippen LogP contribution >= 0.6 is 0 Å². The summed E-state index contributed by atoms with van der Waals surface area (Å²) >= 11 is 0. The second-order valence-corrected chi connectivity index (χ2v) is 4.96. The van der Waals surface area contributed by atoms with Gasteiger partial charge in [0.15, 0.2) is 0 Å². The molecule has 1 amide bonds. The monoisotopic (exact) mass is 251 g/mol. The normalized spacial score (nSPS) is 10.7. The predicted octanol–water partition coefficient (Wildman–Crippen LogP) is 3.26. The average molecular weight is 251 g/mol. The number of hydrogen-bond donors (Lipinski definition) is 0. The molecule has 0 N–H and O–H groups in total. The number of hydrogen-bond acceptors (Lipinski definition) is 1. The van der Waals surface area contributed by atoms with Crippen molar-refractivity contribution in [3.8, 4) is 0 Å². The van der Waals surface area contributed by atoms with Crippen molar-refractivity contribution >= 4 is 5.91 Å². The first-order chi connectivity index (χ1) is 8.52. The summed E-state index contributed by atoms with van der Waals surface area (Å²) in [6, 6.07) is 6.45. The molecule has 0 saturated carbocycles. The standard InChI is InChI=1S/C15H22FNO/c1-4-17(11-12(2)3)15(18)9-8-13-6-5-7-14(16)10-13/h5-7,10,12H,4,8-9,11H2,1-3H3. The Morgan fingerprint density at radius 1 is 1.39 bits per heavy atom. The van der Waals surface area contributed by atoms with E-state index in [1.54, 1.807) is 6.07 Å². The minimum Gasteiger partial charge on any atom is -0.343 e. The molecule has 0 aliphatic rings. The lowest BCUT2D eigenvalue weighted by atomic mass is 10.1. The van der Waals surface area contributed by atoms with Crippen molar-refractivity contribution in [3.05, 3.63) is 35.6 Å². The van der Waals surface area contributed by atoms with Gasteiger partial charge in [0.2, 0.25) is 5.91 Å². The Bertz CT molecular complexity index is 390. The third-order valence-corrected chi connectivity index (χ3v) is 2.84. The molecule has 2 nitrogen and oxygen atoms in total. The number of amides is 1. The first-order valence-electron chi connectivity index (χ1n) is 6.55. The van der Waals surface area contributed by atoms with Crippen molar-refractivity contribution in [2.24, 2.45) is 5.92 Å². The minimum absolute atomic E-state index is 0.149. The largest absolute Gasteiger partial charge is 0.343 e. The summed E-state index contributed by atoms with van der Waals surface area (Å²) in [5.74, 6) is 0.382. The molecule has 1 aromatic carbocycles. The third-order valence-electron chi connectivity index (χ3n) is 2.84. The molecular formula is C15H22FNO. The van der Waals surface area contributed by atoms with Gasteiger partial charge in [-0.3, -0.25) is 4.79 Å². The topological polar surface area (TPSA) is 20.3 Å². The van der Waals surface area contributed by atoms with E-state index < -0.39 is 0 Å². The summed E-state index contributed by atoms with van der Waals surface area (Å²) in [4.78, 5) is 13.9. The lowest BCUT2D eigenvalue weighted by Crippen LogP contribution is -2.34. The van der Waals surface area contributed by atoms with Gasteiger partial charge in [-0.2, -0.15) is 0 Å². The maximum Gasteiger partial charge on any atom is 0.222 e. The highest BCUT2D eigenvalue weighted by Gasteiger charge is 2.12. The first kappa shape index (κ1) is 14.7. The number of carbonyl (C=O) groups excluding carboxylic acids is 1. The number of aryl methyl sites for hydroxylation is 1. The zero-order valence-electron chi connectivity index (χ0n) is 11.4. The Balaban J connectivity index is 2.49. The lowest BCUT2D eigenvalue weighted by molar-refractivity contribution is -0.131. The van der Waals surface area contributed by atoms with Gasteiger partial charge in [-0.05, 0) is 37.0 Å². The fourth-order valence-electron chi connectivity index (χ4n) is 1.95. The van der Waals surface area contributed by atoms with Crippen LogP contribution in [0.2, 0.25) is 0 Å². The Kier molecular flexibility index (Phi) is 5.83. The number of benzene rings is 1. The van der Waals surface area contributed by atoms with E-state index >= 15 is 0 Å². The number of nitrogens with zero attached hydrogens (tertiary/aromatic N) is 1. The van der Waals surface area contributed by atoms with E-state index in [2.05, 4.69) is 13.8 Å². The molecular weight excluding hydrogens is 229 g/mol. The fraction of sp³-hybridized carbons (Fsp3) is 0.533. The van der Waals surface area contributed by atoms with Gasteiger partial charge in [-0.25, -0.2) is 4.39 Å². The number of rotatable bonds is 6. The minimum atomic E-state index is -0.241. The molecule has 1 aromatic rings. The summed E-state index contributed by atoms with van der Waals surface area (Å²) in [5.41, 5.74) is 0.879. The van der Waals surface area contributed by atoms with E-state index in [9.17, 15) is 9.18 Å². The highest BCUT2D eigenvalue weighted by Crippen LogP contribution is 2.08. The zero-order valence-corrected chi connectivity index (χ0v) is 11.4. The lowest BCUT2D eigenvalue weighted by Gasteiger charge is -2.23. The van der Waals surface area contributed by atoms with Crippen molar-refractivity contribution in [1.82, 2.24) is 4.90 Å². The molecule has 1 rings (SSSR count). The molecule has 3 heteroatoms. The van der Waals surface area contributed by atoms with E-state index in [0.717, 1.165) is 18.7 Å². The SMILES string of the molecule is CCN(CC(C)C)C(=O)CCc1cccc(F)c1. The Hall–Kier alpha value is -1.38. The number of halogens is 1. The van der Waals surface area contributed by atoms with Crippen molar-refractivity contribution in [2.75, 3.05) is 13.1 Å². The molecule has 18 heavy (non-hydrogen) atoms. The van der Waals surface area contributed by atoms with Gasteiger partial charge < -0.3 is 4.90 Å². The van der Waals surface area contributed by atoms with Gasteiger partial charge in [0.05, 0.1) is 0 Å². The highest BCUT2D eigenvalue weighted by atomic mass is 19.1. The van der Waals surface area contributed by atoms with Gasteiger partial charge >= 0.3 is 0 Å². The summed E-state index contributed by atoms with van der Waals surface area (Å²) in [7, 11) is 0. The highest BCUT2D eigenvalue weighted by molar-refractivity contribution is 5.76. The molecule has 0 fully saturated rings. The van der Waals surface area contributed by atoms with Crippen molar-refractivity contribution in [3.63, 3.8) is 0 Å². The molecule has 0 aliphatic heterocycles.